The maximum absolute atomic E-state index is 12.0. The summed E-state index contributed by atoms with van der Waals surface area (Å²) >= 11 is 0. The number of aryl methyl sites for hydroxylation is 1. The first-order valence-corrected chi connectivity index (χ1v) is 9.54. The van der Waals surface area contributed by atoms with Crippen molar-refractivity contribution in [3.8, 4) is 5.75 Å². The van der Waals surface area contributed by atoms with Gasteiger partial charge in [0.1, 0.15) is 5.75 Å². The number of benzene rings is 2. The molecule has 1 fully saturated rings. The minimum absolute atomic E-state index is 0.114. The molecule has 0 saturated carbocycles. The second-order valence-corrected chi connectivity index (χ2v) is 6.75. The summed E-state index contributed by atoms with van der Waals surface area (Å²) in [5.74, 6) is 0.0306. The molecule has 7 nitrogen and oxygen atoms in total. The molecule has 152 valence electrons. The normalized spacial score (nSPS) is 13.3. The van der Waals surface area contributed by atoms with Gasteiger partial charge in [-0.05, 0) is 54.8 Å². The van der Waals surface area contributed by atoms with Crippen LogP contribution in [0.25, 0.3) is 0 Å². The summed E-state index contributed by atoms with van der Waals surface area (Å²) in [5, 5.41) is 2.68. The molecular weight excluding hydrogens is 372 g/mol. The third kappa shape index (κ3) is 5.81. The summed E-state index contributed by atoms with van der Waals surface area (Å²) in [6, 6.07) is 14.5. The first-order valence-electron chi connectivity index (χ1n) is 9.54. The number of anilines is 2. The van der Waals surface area contributed by atoms with Crippen molar-refractivity contribution in [1.29, 1.82) is 0 Å². The van der Waals surface area contributed by atoms with Gasteiger partial charge in [0.2, 0.25) is 5.91 Å². The quantitative estimate of drug-likeness (QED) is 0.694. The Morgan fingerprint density at radius 2 is 1.79 bits per heavy atom. The van der Waals surface area contributed by atoms with Crippen LogP contribution < -0.4 is 15.0 Å². The molecule has 2 aromatic carbocycles. The third-order valence-electron chi connectivity index (χ3n) is 4.68. The lowest BCUT2D eigenvalue weighted by Crippen LogP contribution is -2.23. The van der Waals surface area contributed by atoms with Gasteiger partial charge in [0, 0.05) is 30.8 Å². The van der Waals surface area contributed by atoms with Crippen LogP contribution >= 0.6 is 0 Å². The fraction of sp³-hybridized carbons (Fsp3) is 0.318. The summed E-state index contributed by atoms with van der Waals surface area (Å²) in [7, 11) is 1.60. The SMILES string of the molecule is COc1ccc(CCC(=O)OCC(=O)Nc2ccc(N3CCCC3=O)cc2)cc1. The van der Waals surface area contributed by atoms with E-state index in [-0.39, 0.29) is 18.9 Å². The molecule has 1 saturated heterocycles. The Balaban J connectivity index is 1.39. The second kappa shape index (κ2) is 9.73. The molecule has 1 heterocycles. The highest BCUT2D eigenvalue weighted by atomic mass is 16.5. The van der Waals surface area contributed by atoms with Gasteiger partial charge in [0.05, 0.1) is 7.11 Å². The van der Waals surface area contributed by atoms with E-state index in [4.69, 9.17) is 9.47 Å². The Bertz CT molecular complexity index is 862. The van der Waals surface area contributed by atoms with Crippen LogP contribution in [0.4, 0.5) is 11.4 Å². The maximum Gasteiger partial charge on any atom is 0.306 e. The van der Waals surface area contributed by atoms with Gasteiger partial charge in [0.25, 0.3) is 5.91 Å². The molecule has 0 unspecified atom stereocenters. The maximum atomic E-state index is 12.0. The van der Waals surface area contributed by atoms with Gasteiger partial charge < -0.3 is 19.7 Å². The van der Waals surface area contributed by atoms with E-state index in [1.54, 1.807) is 36.3 Å². The molecule has 0 aromatic heterocycles. The standard InChI is InChI=1S/C22H24N2O5/c1-28-19-11-4-16(5-12-19)6-13-22(27)29-15-20(25)23-17-7-9-18(10-8-17)24-14-2-3-21(24)26/h4-5,7-12H,2-3,6,13-15H2,1H3,(H,23,25). The number of carbonyl (C=O) groups is 3. The van der Waals surface area contributed by atoms with Crippen LogP contribution in [0.2, 0.25) is 0 Å². The molecule has 0 spiro atoms. The van der Waals surface area contributed by atoms with Gasteiger partial charge in [-0.2, -0.15) is 0 Å². The fourth-order valence-electron chi connectivity index (χ4n) is 3.10. The molecule has 0 radical (unpaired) electrons. The molecule has 29 heavy (non-hydrogen) atoms. The lowest BCUT2D eigenvalue weighted by molar-refractivity contribution is -0.147. The van der Waals surface area contributed by atoms with Crippen LogP contribution in [0.3, 0.4) is 0 Å². The van der Waals surface area contributed by atoms with Gasteiger partial charge >= 0.3 is 5.97 Å². The van der Waals surface area contributed by atoms with Crippen LogP contribution in [0.15, 0.2) is 48.5 Å². The number of nitrogens with one attached hydrogen (secondary N) is 1. The van der Waals surface area contributed by atoms with Crippen LogP contribution in [0, 0.1) is 0 Å². The van der Waals surface area contributed by atoms with Crippen molar-refractivity contribution in [3.63, 3.8) is 0 Å². The molecule has 0 aliphatic carbocycles. The average molecular weight is 396 g/mol. The van der Waals surface area contributed by atoms with Gasteiger partial charge in [-0.1, -0.05) is 12.1 Å². The van der Waals surface area contributed by atoms with E-state index in [1.165, 1.54) is 0 Å². The summed E-state index contributed by atoms with van der Waals surface area (Å²) in [4.78, 5) is 37.3. The number of rotatable bonds is 8. The van der Waals surface area contributed by atoms with Crippen LogP contribution in [0.5, 0.6) is 5.75 Å². The Morgan fingerprint density at radius 3 is 2.41 bits per heavy atom. The monoisotopic (exact) mass is 396 g/mol. The third-order valence-corrected chi connectivity index (χ3v) is 4.68. The van der Waals surface area contributed by atoms with E-state index in [0.29, 0.717) is 18.5 Å². The van der Waals surface area contributed by atoms with E-state index >= 15 is 0 Å². The number of hydrogen-bond donors (Lipinski definition) is 1. The predicted molar refractivity (Wildman–Crippen MR) is 109 cm³/mol. The van der Waals surface area contributed by atoms with Crippen molar-refractivity contribution < 1.29 is 23.9 Å². The zero-order chi connectivity index (χ0) is 20.6. The second-order valence-electron chi connectivity index (χ2n) is 6.75. The van der Waals surface area contributed by atoms with Crippen molar-refractivity contribution in [3.05, 3.63) is 54.1 Å². The van der Waals surface area contributed by atoms with Gasteiger partial charge in [0.15, 0.2) is 6.61 Å². The predicted octanol–water partition coefficient (Wildman–Crippen LogP) is 2.94. The van der Waals surface area contributed by atoms with Crippen molar-refractivity contribution >= 4 is 29.2 Å². The first kappa shape index (κ1) is 20.4. The number of methoxy groups -OCH3 is 1. The molecule has 0 bridgehead atoms. The zero-order valence-electron chi connectivity index (χ0n) is 16.3. The number of amides is 2. The lowest BCUT2D eigenvalue weighted by atomic mass is 10.1. The van der Waals surface area contributed by atoms with Crippen molar-refractivity contribution in [2.45, 2.75) is 25.7 Å². The molecular formula is C22H24N2O5. The Labute approximate surface area is 169 Å². The molecule has 2 aromatic rings. The van der Waals surface area contributed by atoms with E-state index in [0.717, 1.165) is 30.0 Å². The zero-order valence-corrected chi connectivity index (χ0v) is 16.3. The molecule has 1 aliphatic rings. The Morgan fingerprint density at radius 1 is 1.07 bits per heavy atom. The average Bonchev–Trinajstić information content (AvgIpc) is 3.17. The molecule has 0 atom stereocenters. The van der Waals surface area contributed by atoms with Crippen molar-refractivity contribution in [2.75, 3.05) is 30.5 Å². The van der Waals surface area contributed by atoms with Gasteiger partial charge in [-0.15, -0.1) is 0 Å². The molecule has 7 heteroatoms. The van der Waals surface area contributed by atoms with E-state index in [1.807, 2.05) is 24.3 Å². The fourth-order valence-corrected chi connectivity index (χ4v) is 3.10. The largest absolute Gasteiger partial charge is 0.497 e. The number of esters is 1. The topological polar surface area (TPSA) is 84.9 Å². The van der Waals surface area contributed by atoms with Crippen molar-refractivity contribution in [1.82, 2.24) is 0 Å². The van der Waals surface area contributed by atoms with E-state index in [9.17, 15) is 14.4 Å². The highest BCUT2D eigenvalue weighted by Crippen LogP contribution is 2.23. The summed E-state index contributed by atoms with van der Waals surface area (Å²) in [6.45, 7) is 0.380. The molecule has 1 N–H and O–H groups in total. The number of ether oxygens (including phenoxy) is 2. The minimum atomic E-state index is -0.432. The number of carbonyl (C=O) groups excluding carboxylic acids is 3. The van der Waals surface area contributed by atoms with Crippen molar-refractivity contribution in [2.24, 2.45) is 0 Å². The van der Waals surface area contributed by atoms with E-state index in [2.05, 4.69) is 5.32 Å². The summed E-state index contributed by atoms with van der Waals surface area (Å²) in [6.07, 6.45) is 2.16. The summed E-state index contributed by atoms with van der Waals surface area (Å²) < 4.78 is 10.1. The number of hydrogen-bond acceptors (Lipinski definition) is 5. The minimum Gasteiger partial charge on any atom is -0.497 e. The lowest BCUT2D eigenvalue weighted by Gasteiger charge is -2.16. The first-order chi connectivity index (χ1) is 14.0. The molecule has 3 rings (SSSR count). The number of nitrogens with zero attached hydrogens (tertiary/aromatic N) is 1. The van der Waals surface area contributed by atoms with Crippen LogP contribution in [-0.4, -0.2) is 38.0 Å². The van der Waals surface area contributed by atoms with Gasteiger partial charge in [-0.3, -0.25) is 14.4 Å². The summed E-state index contributed by atoms with van der Waals surface area (Å²) in [5.41, 5.74) is 2.39. The smallest absolute Gasteiger partial charge is 0.306 e. The highest BCUT2D eigenvalue weighted by Gasteiger charge is 2.21. The van der Waals surface area contributed by atoms with Crippen LogP contribution in [-0.2, 0) is 25.5 Å². The Kier molecular flexibility index (Phi) is 6.84. The Hall–Kier alpha value is -3.35. The van der Waals surface area contributed by atoms with E-state index < -0.39 is 11.9 Å². The molecule has 1 aliphatic heterocycles. The van der Waals surface area contributed by atoms with Gasteiger partial charge in [-0.25, -0.2) is 0 Å². The highest BCUT2D eigenvalue weighted by molar-refractivity contribution is 5.96. The van der Waals surface area contributed by atoms with Crippen LogP contribution in [0.1, 0.15) is 24.8 Å². The molecule has 2 amide bonds.